The number of aromatic nitrogens is 3. The van der Waals surface area contributed by atoms with Crippen LogP contribution in [0.25, 0.3) is 0 Å². The first-order valence-corrected chi connectivity index (χ1v) is 10.2. The van der Waals surface area contributed by atoms with Crippen LogP contribution >= 0.6 is 0 Å². The van der Waals surface area contributed by atoms with Crippen LogP contribution in [0.1, 0.15) is 18.4 Å². The van der Waals surface area contributed by atoms with Crippen molar-refractivity contribution in [2.45, 2.75) is 19.4 Å². The van der Waals surface area contributed by atoms with Gasteiger partial charge in [-0.05, 0) is 36.6 Å². The molecule has 0 N–H and O–H groups in total. The maximum atomic E-state index is 13.5. The van der Waals surface area contributed by atoms with Gasteiger partial charge in [0.05, 0.1) is 6.54 Å². The first-order chi connectivity index (χ1) is 14.6. The predicted molar refractivity (Wildman–Crippen MR) is 116 cm³/mol. The van der Waals surface area contributed by atoms with E-state index in [1.807, 2.05) is 48.5 Å². The third-order valence-electron chi connectivity index (χ3n) is 5.49. The number of piperidine rings is 1. The van der Waals surface area contributed by atoms with Crippen molar-refractivity contribution in [1.29, 1.82) is 0 Å². The first kappa shape index (κ1) is 19.8. The molecular weight excluding hydrogens is 378 g/mol. The number of hydrogen-bond acceptors (Lipinski definition) is 5. The summed E-state index contributed by atoms with van der Waals surface area (Å²) >= 11 is 0. The molecule has 1 aliphatic rings. The zero-order valence-corrected chi connectivity index (χ0v) is 17.0. The summed E-state index contributed by atoms with van der Waals surface area (Å²) in [5.74, 6) is 1.48. The molecule has 2 aromatic heterocycles. The maximum Gasteiger partial charge on any atom is 0.266 e. The lowest BCUT2D eigenvalue weighted by molar-refractivity contribution is -0.123. The van der Waals surface area contributed by atoms with E-state index in [9.17, 15) is 9.59 Å². The first-order valence-electron chi connectivity index (χ1n) is 10.2. The summed E-state index contributed by atoms with van der Waals surface area (Å²) < 4.78 is 1.34. The van der Waals surface area contributed by atoms with E-state index in [-0.39, 0.29) is 17.4 Å². The lowest BCUT2D eigenvalue weighted by Gasteiger charge is -2.34. The summed E-state index contributed by atoms with van der Waals surface area (Å²) in [7, 11) is 1.65. The van der Waals surface area contributed by atoms with E-state index in [0.717, 1.165) is 37.3 Å². The Balaban J connectivity index is 1.48. The molecule has 0 aliphatic carbocycles. The van der Waals surface area contributed by atoms with Crippen molar-refractivity contribution < 1.29 is 4.79 Å². The van der Waals surface area contributed by atoms with Crippen molar-refractivity contribution in [2.24, 2.45) is 13.0 Å². The number of aryl methyl sites for hydroxylation is 1. The van der Waals surface area contributed by atoms with E-state index in [1.54, 1.807) is 24.2 Å². The van der Waals surface area contributed by atoms with Crippen molar-refractivity contribution in [2.75, 3.05) is 22.9 Å². The number of carbonyl (C=O) groups is 1. The number of hydrogen-bond donors (Lipinski definition) is 0. The molecule has 154 valence electrons. The fourth-order valence-electron chi connectivity index (χ4n) is 3.79. The molecule has 1 aliphatic heterocycles. The van der Waals surface area contributed by atoms with Gasteiger partial charge in [-0.3, -0.25) is 14.5 Å². The Hall–Kier alpha value is -3.48. The summed E-state index contributed by atoms with van der Waals surface area (Å²) in [6.45, 7) is 1.95. The van der Waals surface area contributed by atoms with Gasteiger partial charge >= 0.3 is 0 Å². The second kappa shape index (κ2) is 8.90. The van der Waals surface area contributed by atoms with Crippen LogP contribution in [0.15, 0.2) is 71.7 Å². The van der Waals surface area contributed by atoms with Gasteiger partial charge in [0.1, 0.15) is 11.6 Å². The number of rotatable bonds is 5. The molecule has 0 spiro atoms. The summed E-state index contributed by atoms with van der Waals surface area (Å²) in [6, 6.07) is 18.9. The molecule has 7 nitrogen and oxygen atoms in total. The summed E-state index contributed by atoms with van der Waals surface area (Å²) in [5, 5.41) is 4.33. The van der Waals surface area contributed by atoms with Crippen LogP contribution in [0.3, 0.4) is 0 Å². The number of nitrogens with zero attached hydrogens (tertiary/aromatic N) is 5. The molecule has 3 aromatic rings. The molecule has 1 amide bonds. The largest absolute Gasteiger partial charge is 0.355 e. The third-order valence-corrected chi connectivity index (χ3v) is 5.49. The standard InChI is InChI=1S/C23H25N5O2/c1-26-22(29)11-10-21(25-26)27-15-12-19(13-16-27)23(30)28(20-9-5-6-14-24-20)17-18-7-3-2-4-8-18/h2-11,14,19H,12-13,15-17H2,1H3. The van der Waals surface area contributed by atoms with Gasteiger partial charge in [0.2, 0.25) is 5.91 Å². The number of benzene rings is 1. The van der Waals surface area contributed by atoms with Crippen LogP contribution in [0, 0.1) is 5.92 Å². The Labute approximate surface area is 175 Å². The number of anilines is 2. The number of pyridine rings is 1. The molecule has 0 bridgehead atoms. The fourth-order valence-corrected chi connectivity index (χ4v) is 3.79. The Morgan fingerprint density at radius 1 is 1.03 bits per heavy atom. The van der Waals surface area contributed by atoms with Crippen LogP contribution in [-0.4, -0.2) is 33.8 Å². The molecule has 3 heterocycles. The van der Waals surface area contributed by atoms with Crippen molar-refractivity contribution in [1.82, 2.24) is 14.8 Å². The van der Waals surface area contributed by atoms with Gasteiger partial charge < -0.3 is 4.90 Å². The average Bonchev–Trinajstić information content (AvgIpc) is 2.80. The van der Waals surface area contributed by atoms with Gasteiger partial charge in [0, 0.05) is 38.3 Å². The molecule has 1 saturated heterocycles. The fraction of sp³-hybridized carbons (Fsp3) is 0.304. The van der Waals surface area contributed by atoms with Gasteiger partial charge in [-0.15, -0.1) is 0 Å². The van der Waals surface area contributed by atoms with Crippen molar-refractivity contribution in [3.8, 4) is 0 Å². The highest BCUT2D eigenvalue weighted by molar-refractivity contribution is 5.94. The second-order valence-electron chi connectivity index (χ2n) is 7.51. The Bertz CT molecular complexity index is 1040. The van der Waals surface area contributed by atoms with Crippen molar-refractivity contribution in [3.63, 3.8) is 0 Å². The van der Waals surface area contributed by atoms with Crippen LogP contribution in [0.5, 0.6) is 0 Å². The van der Waals surface area contributed by atoms with Crippen molar-refractivity contribution in [3.05, 3.63) is 82.8 Å². The molecule has 1 aromatic carbocycles. The molecule has 7 heteroatoms. The minimum absolute atomic E-state index is 0.0699. The molecule has 30 heavy (non-hydrogen) atoms. The minimum atomic E-state index is -0.129. The van der Waals surface area contributed by atoms with Crippen molar-refractivity contribution >= 4 is 17.5 Å². The van der Waals surface area contributed by atoms with Gasteiger partial charge in [-0.1, -0.05) is 36.4 Å². The van der Waals surface area contributed by atoms with E-state index in [4.69, 9.17) is 0 Å². The zero-order chi connectivity index (χ0) is 20.9. The number of carbonyl (C=O) groups excluding carboxylic acids is 1. The molecule has 0 unspecified atom stereocenters. The topological polar surface area (TPSA) is 71.3 Å². The average molecular weight is 403 g/mol. The van der Waals surface area contributed by atoms with E-state index < -0.39 is 0 Å². The molecule has 4 rings (SSSR count). The quantitative estimate of drug-likeness (QED) is 0.655. The van der Waals surface area contributed by atoms with E-state index in [0.29, 0.717) is 12.4 Å². The molecule has 0 saturated carbocycles. The van der Waals surface area contributed by atoms with Crippen LogP contribution in [0.4, 0.5) is 11.6 Å². The summed E-state index contributed by atoms with van der Waals surface area (Å²) in [6.07, 6.45) is 3.19. The van der Waals surface area contributed by atoms with Crippen LogP contribution in [-0.2, 0) is 18.4 Å². The summed E-state index contributed by atoms with van der Waals surface area (Å²) in [4.78, 5) is 33.4. The van der Waals surface area contributed by atoms with Gasteiger partial charge in [0.15, 0.2) is 0 Å². The number of amides is 1. The van der Waals surface area contributed by atoms with Gasteiger partial charge in [0.25, 0.3) is 5.56 Å². The normalized spacial score (nSPS) is 14.5. The molecule has 1 fully saturated rings. The van der Waals surface area contributed by atoms with E-state index in [2.05, 4.69) is 15.0 Å². The molecular formula is C23H25N5O2. The minimum Gasteiger partial charge on any atom is -0.355 e. The SMILES string of the molecule is Cn1nc(N2CCC(C(=O)N(Cc3ccccc3)c3ccccn3)CC2)ccc1=O. The molecule has 0 atom stereocenters. The third kappa shape index (κ3) is 4.40. The Kier molecular flexibility index (Phi) is 5.88. The van der Waals surface area contributed by atoms with Gasteiger partial charge in [-0.25, -0.2) is 9.67 Å². The maximum absolute atomic E-state index is 13.5. The Morgan fingerprint density at radius 2 is 1.77 bits per heavy atom. The lowest BCUT2D eigenvalue weighted by atomic mass is 9.95. The van der Waals surface area contributed by atoms with Gasteiger partial charge in [-0.2, -0.15) is 5.10 Å². The molecule has 0 radical (unpaired) electrons. The van der Waals surface area contributed by atoms with Crippen LogP contribution in [0.2, 0.25) is 0 Å². The van der Waals surface area contributed by atoms with Crippen LogP contribution < -0.4 is 15.4 Å². The smallest absolute Gasteiger partial charge is 0.266 e. The highest BCUT2D eigenvalue weighted by Crippen LogP contribution is 2.25. The summed E-state index contributed by atoms with van der Waals surface area (Å²) in [5.41, 5.74) is 0.944. The van der Waals surface area contributed by atoms with E-state index in [1.165, 1.54) is 10.7 Å². The second-order valence-corrected chi connectivity index (χ2v) is 7.51. The highest BCUT2D eigenvalue weighted by Gasteiger charge is 2.30. The van der Waals surface area contributed by atoms with E-state index >= 15 is 0 Å². The predicted octanol–water partition coefficient (Wildman–Crippen LogP) is 2.63. The Morgan fingerprint density at radius 3 is 2.43 bits per heavy atom. The monoisotopic (exact) mass is 403 g/mol. The lowest BCUT2D eigenvalue weighted by Crippen LogP contribution is -2.43. The highest BCUT2D eigenvalue weighted by atomic mass is 16.2. The zero-order valence-electron chi connectivity index (χ0n) is 17.0.